The molecule has 6 bridgehead atoms. The van der Waals surface area contributed by atoms with Gasteiger partial charge in [-0.25, -0.2) is 13.2 Å². The Labute approximate surface area is 359 Å². The van der Waals surface area contributed by atoms with Gasteiger partial charge in [-0.05, 0) is 106 Å². The van der Waals surface area contributed by atoms with Crippen LogP contribution >= 0.6 is 0 Å². The van der Waals surface area contributed by atoms with Crippen molar-refractivity contribution in [1.29, 1.82) is 0 Å². The highest BCUT2D eigenvalue weighted by Gasteiger charge is 2.62. The summed E-state index contributed by atoms with van der Waals surface area (Å²) in [7, 11) is -2.29. The highest BCUT2D eigenvalue weighted by Crippen LogP contribution is 2.47. The summed E-state index contributed by atoms with van der Waals surface area (Å²) in [5.74, 6) is -1.50. The number of aryl methyl sites for hydroxylation is 1. The monoisotopic (exact) mass is 859 g/mol. The third-order valence-corrected chi connectivity index (χ3v) is 14.5. The van der Waals surface area contributed by atoms with Gasteiger partial charge in [0.1, 0.15) is 40.4 Å². The van der Waals surface area contributed by atoms with Crippen molar-refractivity contribution in [1.82, 2.24) is 35.2 Å². The van der Waals surface area contributed by atoms with Crippen molar-refractivity contribution in [2.45, 2.75) is 147 Å². The van der Waals surface area contributed by atoms with E-state index in [9.17, 15) is 27.6 Å². The summed E-state index contributed by atoms with van der Waals surface area (Å²) in [5, 5.41) is 15.3. The van der Waals surface area contributed by atoms with Crippen LogP contribution in [-0.4, -0.2) is 94.3 Å². The van der Waals surface area contributed by atoms with Gasteiger partial charge in [0, 0.05) is 24.1 Å². The summed E-state index contributed by atoms with van der Waals surface area (Å²) >= 11 is 0. The predicted octanol–water partition coefficient (Wildman–Crippen LogP) is 6.08. The van der Waals surface area contributed by atoms with E-state index in [1.165, 1.54) is 4.90 Å². The molecule has 330 valence electrons. The Morgan fingerprint density at radius 3 is 2.31 bits per heavy atom. The first-order valence-corrected chi connectivity index (χ1v) is 23.3. The van der Waals surface area contributed by atoms with E-state index in [4.69, 9.17) is 19.7 Å². The first-order valence-electron chi connectivity index (χ1n) is 21.7. The second kappa shape index (κ2) is 17.1. The molecule has 2 aliphatic heterocycles. The molecule has 3 N–H and O–H groups in total. The number of sulfonamides is 1. The molecule has 1 saturated heterocycles. The number of fused-ring (bicyclic) bond motifs is 8. The molecule has 15 nitrogen and oxygen atoms in total. The number of hydrogen-bond donors (Lipinski definition) is 3. The van der Waals surface area contributed by atoms with Gasteiger partial charge >= 0.3 is 6.09 Å². The molecule has 0 unspecified atom stereocenters. The van der Waals surface area contributed by atoms with Gasteiger partial charge in [0.15, 0.2) is 0 Å². The molecule has 4 aliphatic rings. The zero-order valence-electron chi connectivity index (χ0n) is 36.5. The summed E-state index contributed by atoms with van der Waals surface area (Å²) in [5.41, 5.74) is 1.02. The molecule has 1 aromatic heterocycles. The fourth-order valence-corrected chi connectivity index (χ4v) is 10.1. The van der Waals surface area contributed by atoms with E-state index >= 15 is 0 Å². The average Bonchev–Trinajstić information content (AvgIpc) is 4.10. The van der Waals surface area contributed by atoms with E-state index in [2.05, 4.69) is 27.5 Å². The quantitative estimate of drug-likeness (QED) is 0.239. The van der Waals surface area contributed by atoms with E-state index in [-0.39, 0.29) is 25.3 Å². The molecule has 4 amide bonds. The highest BCUT2D eigenvalue weighted by molar-refractivity contribution is 7.91. The van der Waals surface area contributed by atoms with Gasteiger partial charge in [0.05, 0.1) is 18.4 Å². The number of rotatable bonds is 8. The summed E-state index contributed by atoms with van der Waals surface area (Å²) in [4.78, 5) is 60.1. The normalized spacial score (nSPS) is 26.0. The van der Waals surface area contributed by atoms with Crippen molar-refractivity contribution in [2.24, 2.45) is 11.3 Å². The highest BCUT2D eigenvalue weighted by atomic mass is 32.2. The Hall–Kier alpha value is -4.99. The van der Waals surface area contributed by atoms with E-state index in [0.29, 0.717) is 42.8 Å². The largest absolute Gasteiger partial charge is 0.497 e. The van der Waals surface area contributed by atoms with Crippen LogP contribution in [0.15, 0.2) is 48.5 Å². The maximum Gasteiger partial charge on any atom is 0.408 e. The number of nitrogens with zero attached hydrogens (tertiary/aromatic N) is 4. The van der Waals surface area contributed by atoms with E-state index < -0.39 is 73.8 Å². The molecular weight excluding hydrogens is 799 g/mol. The fourth-order valence-electron chi connectivity index (χ4n) is 8.76. The molecule has 3 aromatic rings. The standard InChI is InChI=1S/C45H61N7O8S/c1-8-31-26-45(31,41(55)50-61(57,58)34-21-22-34)47-39(53)35-25-32-27-51(35)40(54)38(43(2,3)4)46-42(56)60-44(5,6)23-12-10-9-11-14-28-15-13-16-30(24-28)37-36(48-52(32)49-37)29-17-19-33(59-7)20-18-29/h13,15-20,24,31-32,34-35,38H,8-12,14,21-23,25-27H2,1-7H3,(H,46,56)(H,47,53)(H,50,55)/t31-,32-,35+,38-,45-/m1/s1. The lowest BCUT2D eigenvalue weighted by Crippen LogP contribution is -2.60. The number of cyclic esters (lactones) is 1. The van der Waals surface area contributed by atoms with Crippen LogP contribution in [0.4, 0.5) is 4.79 Å². The molecule has 0 radical (unpaired) electrons. The van der Waals surface area contributed by atoms with Crippen LogP contribution in [0.2, 0.25) is 0 Å². The lowest BCUT2D eigenvalue weighted by Gasteiger charge is -2.36. The Kier molecular flexibility index (Phi) is 12.3. The van der Waals surface area contributed by atoms with Crippen molar-refractivity contribution in [3.63, 3.8) is 0 Å². The molecule has 2 aliphatic carbocycles. The molecule has 0 spiro atoms. The second-order valence-corrected chi connectivity index (χ2v) is 21.0. The molecule has 16 heteroatoms. The lowest BCUT2D eigenvalue weighted by molar-refractivity contribution is -0.143. The number of alkyl carbamates (subject to hydrolysis) is 1. The zero-order chi connectivity index (χ0) is 43.9. The zero-order valence-corrected chi connectivity index (χ0v) is 37.3. The maximum atomic E-state index is 15.0. The number of carbonyl (C=O) groups excluding carboxylic acids is 4. The molecular formula is C45H61N7O8S. The van der Waals surface area contributed by atoms with E-state index in [0.717, 1.165) is 48.8 Å². The molecule has 3 heterocycles. The van der Waals surface area contributed by atoms with Gasteiger partial charge in [0.2, 0.25) is 21.8 Å². The first-order chi connectivity index (χ1) is 28.8. The molecule has 2 aromatic carbocycles. The molecule has 5 atom stereocenters. The molecule has 7 rings (SSSR count). The van der Waals surface area contributed by atoms with Crippen LogP contribution in [0, 0.1) is 11.3 Å². The fraction of sp³-hybridized carbons (Fsp3) is 0.600. The van der Waals surface area contributed by atoms with Gasteiger partial charge in [0.25, 0.3) is 5.91 Å². The lowest BCUT2D eigenvalue weighted by atomic mass is 9.85. The number of methoxy groups -OCH3 is 1. The van der Waals surface area contributed by atoms with Gasteiger partial charge in [-0.1, -0.05) is 65.2 Å². The van der Waals surface area contributed by atoms with E-state index in [1.54, 1.807) is 11.9 Å². The minimum absolute atomic E-state index is 0.00833. The third-order valence-electron chi connectivity index (χ3n) is 12.7. The SMILES string of the molecule is CC[C@@H]1C[C@]1(NC(=O)[C@@H]1C[C@@H]2CN1C(=O)[C@H](C(C)(C)C)NC(=O)OC(C)(C)CCCCCCc1cccc(c1)-c1nn2nc1-c1ccc(OC)cc1)C(=O)NS(=O)(=O)C1CC1. The first kappa shape index (κ1) is 44.1. The van der Waals surface area contributed by atoms with Gasteiger partial charge < -0.3 is 25.0 Å². The van der Waals surface area contributed by atoms with Crippen LogP contribution < -0.4 is 20.1 Å². The van der Waals surface area contributed by atoms with Crippen molar-refractivity contribution in [3.8, 4) is 28.3 Å². The number of hydrogen-bond acceptors (Lipinski definition) is 10. The van der Waals surface area contributed by atoms with Crippen LogP contribution in [0.25, 0.3) is 22.5 Å². The Morgan fingerprint density at radius 2 is 1.67 bits per heavy atom. The van der Waals surface area contributed by atoms with Crippen molar-refractivity contribution in [3.05, 3.63) is 54.1 Å². The topological polar surface area (TPSA) is 191 Å². The van der Waals surface area contributed by atoms with E-state index in [1.807, 2.05) is 77.9 Å². The molecule has 61 heavy (non-hydrogen) atoms. The van der Waals surface area contributed by atoms with Crippen molar-refractivity contribution in [2.75, 3.05) is 13.7 Å². The molecule has 3 fully saturated rings. The van der Waals surface area contributed by atoms with Crippen LogP contribution in [-0.2, 0) is 35.6 Å². The number of ether oxygens (including phenoxy) is 2. The Morgan fingerprint density at radius 1 is 0.984 bits per heavy atom. The van der Waals surface area contributed by atoms with Crippen LogP contribution in [0.1, 0.15) is 117 Å². The van der Waals surface area contributed by atoms with Crippen LogP contribution in [0.3, 0.4) is 0 Å². The minimum atomic E-state index is -3.89. The number of aromatic nitrogens is 3. The number of nitrogens with one attached hydrogen (secondary N) is 3. The molecule has 2 saturated carbocycles. The van der Waals surface area contributed by atoms with Gasteiger partial charge in [-0.2, -0.15) is 15.0 Å². The third kappa shape index (κ3) is 9.74. The summed E-state index contributed by atoms with van der Waals surface area (Å²) in [6.45, 7) is 11.1. The minimum Gasteiger partial charge on any atom is -0.497 e. The Bertz CT molecular complexity index is 2250. The smallest absolute Gasteiger partial charge is 0.408 e. The number of amides is 4. The summed E-state index contributed by atoms with van der Waals surface area (Å²) in [6.07, 6.45) is 6.40. The Balaban J connectivity index is 1.29. The van der Waals surface area contributed by atoms with Crippen molar-refractivity contribution < 1.29 is 37.1 Å². The average molecular weight is 860 g/mol. The van der Waals surface area contributed by atoms with Gasteiger partial charge in [-0.15, -0.1) is 0 Å². The summed E-state index contributed by atoms with van der Waals surface area (Å²) < 4.78 is 39.4. The van der Waals surface area contributed by atoms with Gasteiger partial charge in [-0.3, -0.25) is 19.1 Å². The number of benzene rings is 2. The second-order valence-electron chi connectivity index (χ2n) is 19.0. The summed E-state index contributed by atoms with van der Waals surface area (Å²) in [6, 6.07) is 13.0. The number of carbonyl (C=O) groups is 4. The predicted molar refractivity (Wildman–Crippen MR) is 230 cm³/mol. The van der Waals surface area contributed by atoms with Crippen LogP contribution in [0.5, 0.6) is 5.75 Å². The van der Waals surface area contributed by atoms with Crippen molar-refractivity contribution >= 4 is 33.8 Å². The maximum absolute atomic E-state index is 15.0.